The molecule has 2 rings (SSSR count). The second kappa shape index (κ2) is 6.10. The molecule has 0 aliphatic rings. The molecule has 102 valence electrons. The molecule has 0 spiro atoms. The number of carbonyl (C=O) groups is 1. The first-order valence-corrected chi connectivity index (χ1v) is 7.29. The largest absolute Gasteiger partial charge is 0.351 e. The van der Waals surface area contributed by atoms with Gasteiger partial charge in [-0.05, 0) is 29.5 Å². The van der Waals surface area contributed by atoms with Crippen LogP contribution in [0.5, 0.6) is 0 Å². The van der Waals surface area contributed by atoms with Crippen molar-refractivity contribution in [3.63, 3.8) is 0 Å². The third kappa shape index (κ3) is 3.73. The minimum atomic E-state index is -0.299. The van der Waals surface area contributed by atoms with Crippen LogP contribution in [0, 0.1) is 5.82 Å². The van der Waals surface area contributed by atoms with Crippen LogP contribution in [0.4, 0.5) is 4.39 Å². The number of fused-ring (bicyclic) bond motifs is 1. The van der Waals surface area contributed by atoms with E-state index in [2.05, 4.69) is 24.1 Å². The third-order valence-electron chi connectivity index (χ3n) is 2.67. The maximum Gasteiger partial charge on any atom is 0.267 e. The van der Waals surface area contributed by atoms with Crippen LogP contribution >= 0.6 is 11.8 Å². The van der Waals surface area contributed by atoms with Crippen LogP contribution in [-0.2, 0) is 0 Å². The van der Waals surface area contributed by atoms with Crippen molar-refractivity contribution in [3.8, 4) is 0 Å². The predicted octanol–water partition coefficient (Wildman–Crippen LogP) is 3.18. The molecule has 0 saturated carbocycles. The number of H-pyrrole nitrogens is 1. The molecule has 2 aromatic rings. The summed E-state index contributed by atoms with van der Waals surface area (Å²) in [5, 5.41) is 4.12. The Kier molecular flexibility index (Phi) is 4.47. The molecule has 0 unspecified atom stereocenters. The highest BCUT2D eigenvalue weighted by Gasteiger charge is 2.09. The summed E-state index contributed by atoms with van der Waals surface area (Å²) in [4.78, 5) is 14.9. The quantitative estimate of drug-likeness (QED) is 0.826. The number of hydrogen-bond acceptors (Lipinski definition) is 2. The lowest BCUT2D eigenvalue weighted by atomic mass is 10.2. The van der Waals surface area contributed by atoms with E-state index in [9.17, 15) is 9.18 Å². The minimum Gasteiger partial charge on any atom is -0.351 e. The fourth-order valence-electron chi connectivity index (χ4n) is 1.78. The lowest BCUT2D eigenvalue weighted by Gasteiger charge is -2.05. The average Bonchev–Trinajstić information content (AvgIpc) is 2.77. The minimum absolute atomic E-state index is 0.152. The van der Waals surface area contributed by atoms with Gasteiger partial charge in [0.1, 0.15) is 11.5 Å². The van der Waals surface area contributed by atoms with Gasteiger partial charge in [0.15, 0.2) is 0 Å². The molecule has 0 aliphatic heterocycles. The highest BCUT2D eigenvalue weighted by atomic mass is 32.2. The number of aromatic nitrogens is 1. The van der Waals surface area contributed by atoms with E-state index < -0.39 is 0 Å². The second-order valence-corrected chi connectivity index (χ2v) is 6.27. The van der Waals surface area contributed by atoms with Crippen molar-refractivity contribution in [2.75, 3.05) is 12.3 Å². The van der Waals surface area contributed by atoms with Crippen LogP contribution in [-0.4, -0.2) is 28.4 Å². The second-order valence-electron chi connectivity index (χ2n) is 4.59. The Bertz CT molecular complexity index is 580. The van der Waals surface area contributed by atoms with Crippen molar-refractivity contribution in [2.45, 2.75) is 19.1 Å². The number of carbonyl (C=O) groups excluding carboxylic acids is 1. The monoisotopic (exact) mass is 280 g/mol. The fraction of sp³-hybridized carbons (Fsp3) is 0.357. The van der Waals surface area contributed by atoms with Gasteiger partial charge in [0, 0.05) is 23.2 Å². The Labute approximate surface area is 116 Å². The van der Waals surface area contributed by atoms with E-state index in [0.29, 0.717) is 22.9 Å². The standard InChI is InChI=1S/C14H17FN2OS/c1-9(2)19-6-5-16-14(18)13-8-10-7-11(15)3-4-12(10)17-13/h3-4,7-9,17H,5-6H2,1-2H3,(H,16,18). The van der Waals surface area contributed by atoms with Gasteiger partial charge in [-0.2, -0.15) is 11.8 Å². The van der Waals surface area contributed by atoms with Crippen LogP contribution in [0.1, 0.15) is 24.3 Å². The molecular formula is C14H17FN2OS. The maximum atomic E-state index is 13.1. The Balaban J connectivity index is 1.97. The summed E-state index contributed by atoms with van der Waals surface area (Å²) in [6.07, 6.45) is 0. The number of nitrogens with one attached hydrogen (secondary N) is 2. The van der Waals surface area contributed by atoms with Crippen LogP contribution in [0.3, 0.4) is 0 Å². The zero-order valence-corrected chi connectivity index (χ0v) is 11.8. The molecule has 0 aliphatic carbocycles. The van der Waals surface area contributed by atoms with Gasteiger partial charge in [0.2, 0.25) is 0 Å². The fourth-order valence-corrected chi connectivity index (χ4v) is 2.47. The van der Waals surface area contributed by atoms with Gasteiger partial charge >= 0.3 is 0 Å². The summed E-state index contributed by atoms with van der Waals surface area (Å²) in [5.74, 6) is 0.436. The van der Waals surface area contributed by atoms with E-state index in [1.807, 2.05) is 0 Å². The summed E-state index contributed by atoms with van der Waals surface area (Å²) < 4.78 is 13.1. The first-order valence-electron chi connectivity index (χ1n) is 6.24. The molecule has 5 heteroatoms. The highest BCUT2D eigenvalue weighted by molar-refractivity contribution is 7.99. The molecular weight excluding hydrogens is 263 g/mol. The van der Waals surface area contributed by atoms with E-state index in [0.717, 1.165) is 11.3 Å². The number of thioether (sulfide) groups is 1. The van der Waals surface area contributed by atoms with Crippen molar-refractivity contribution in [1.82, 2.24) is 10.3 Å². The molecule has 1 aromatic heterocycles. The van der Waals surface area contributed by atoms with Crippen LogP contribution in [0.15, 0.2) is 24.3 Å². The molecule has 2 N–H and O–H groups in total. The third-order valence-corrected chi connectivity index (χ3v) is 3.77. The first kappa shape index (κ1) is 13.9. The first-order chi connectivity index (χ1) is 9.06. The number of benzene rings is 1. The van der Waals surface area contributed by atoms with Gasteiger partial charge in [-0.15, -0.1) is 0 Å². The molecule has 1 heterocycles. The molecule has 0 bridgehead atoms. The summed E-state index contributed by atoms with van der Waals surface area (Å²) in [7, 11) is 0. The molecule has 0 saturated heterocycles. The summed E-state index contributed by atoms with van der Waals surface area (Å²) in [5.41, 5.74) is 1.23. The summed E-state index contributed by atoms with van der Waals surface area (Å²) in [6.45, 7) is 4.88. The molecule has 19 heavy (non-hydrogen) atoms. The van der Waals surface area contributed by atoms with Crippen molar-refractivity contribution < 1.29 is 9.18 Å². The Morgan fingerprint density at radius 2 is 2.21 bits per heavy atom. The van der Waals surface area contributed by atoms with Crippen molar-refractivity contribution >= 4 is 28.6 Å². The van der Waals surface area contributed by atoms with Crippen molar-refractivity contribution in [2.24, 2.45) is 0 Å². The molecule has 0 atom stereocenters. The highest BCUT2D eigenvalue weighted by Crippen LogP contribution is 2.16. The van der Waals surface area contributed by atoms with E-state index in [1.165, 1.54) is 12.1 Å². The van der Waals surface area contributed by atoms with Gasteiger partial charge in [0.05, 0.1) is 0 Å². The topological polar surface area (TPSA) is 44.9 Å². The zero-order chi connectivity index (χ0) is 13.8. The predicted molar refractivity (Wildman–Crippen MR) is 78.2 cm³/mol. The van der Waals surface area contributed by atoms with Crippen LogP contribution < -0.4 is 5.32 Å². The van der Waals surface area contributed by atoms with Crippen molar-refractivity contribution in [3.05, 3.63) is 35.8 Å². The summed E-state index contributed by atoms with van der Waals surface area (Å²) in [6, 6.07) is 6.09. The molecule has 0 radical (unpaired) electrons. The SMILES string of the molecule is CC(C)SCCNC(=O)c1cc2cc(F)ccc2[nH]1. The summed E-state index contributed by atoms with van der Waals surface area (Å²) >= 11 is 1.80. The number of halogens is 1. The van der Waals surface area contributed by atoms with Crippen LogP contribution in [0.25, 0.3) is 10.9 Å². The number of rotatable bonds is 5. The van der Waals surface area contributed by atoms with Gasteiger partial charge in [-0.25, -0.2) is 4.39 Å². The number of aromatic amines is 1. The normalized spacial score (nSPS) is 11.2. The van der Waals surface area contributed by atoms with Crippen LogP contribution in [0.2, 0.25) is 0 Å². The van der Waals surface area contributed by atoms with Gasteiger partial charge in [-0.3, -0.25) is 4.79 Å². The molecule has 1 aromatic carbocycles. The zero-order valence-electron chi connectivity index (χ0n) is 11.0. The molecule has 1 amide bonds. The Morgan fingerprint density at radius 3 is 2.95 bits per heavy atom. The molecule has 0 fully saturated rings. The average molecular weight is 280 g/mol. The number of hydrogen-bond donors (Lipinski definition) is 2. The molecule has 3 nitrogen and oxygen atoms in total. The maximum absolute atomic E-state index is 13.1. The van der Waals surface area contributed by atoms with E-state index in [1.54, 1.807) is 23.9 Å². The lowest BCUT2D eigenvalue weighted by molar-refractivity contribution is 0.0952. The van der Waals surface area contributed by atoms with Gasteiger partial charge in [-0.1, -0.05) is 13.8 Å². The van der Waals surface area contributed by atoms with E-state index in [-0.39, 0.29) is 11.7 Å². The Hall–Kier alpha value is -1.49. The van der Waals surface area contributed by atoms with E-state index >= 15 is 0 Å². The number of amides is 1. The Morgan fingerprint density at radius 1 is 1.42 bits per heavy atom. The van der Waals surface area contributed by atoms with Gasteiger partial charge in [0.25, 0.3) is 5.91 Å². The lowest BCUT2D eigenvalue weighted by Crippen LogP contribution is -2.26. The smallest absolute Gasteiger partial charge is 0.267 e. The van der Waals surface area contributed by atoms with E-state index in [4.69, 9.17) is 0 Å². The van der Waals surface area contributed by atoms with Crippen molar-refractivity contribution in [1.29, 1.82) is 0 Å². The van der Waals surface area contributed by atoms with Gasteiger partial charge < -0.3 is 10.3 Å².